The molecule has 3 aromatic rings. The fourth-order valence-corrected chi connectivity index (χ4v) is 3.53. The monoisotopic (exact) mass is 399 g/mol. The highest BCUT2D eigenvalue weighted by molar-refractivity contribution is 7.92. The van der Waals surface area contributed by atoms with Gasteiger partial charge in [-0.2, -0.15) is 0 Å². The maximum atomic E-state index is 13.0. The Labute approximate surface area is 162 Å². The van der Waals surface area contributed by atoms with Crippen molar-refractivity contribution < 1.29 is 17.6 Å². The molecule has 0 unspecified atom stereocenters. The maximum Gasteiger partial charge on any atom is 0.261 e. The summed E-state index contributed by atoms with van der Waals surface area (Å²) in [6.07, 6.45) is 3.50. The summed E-state index contributed by atoms with van der Waals surface area (Å²) in [6, 6.07) is 14.7. The highest BCUT2D eigenvalue weighted by atomic mass is 32.2. The third-order valence-corrected chi connectivity index (χ3v) is 5.33. The number of carbonyl (C=O) groups excluding carboxylic acids is 1. The van der Waals surface area contributed by atoms with Crippen LogP contribution in [-0.4, -0.2) is 19.3 Å². The number of carbonyl (C=O) groups is 1. The number of aromatic nitrogens is 1. The molecule has 0 fully saturated rings. The first-order valence-electron chi connectivity index (χ1n) is 8.45. The lowest BCUT2D eigenvalue weighted by atomic mass is 10.1. The molecule has 0 atom stereocenters. The van der Waals surface area contributed by atoms with Crippen molar-refractivity contribution in [2.24, 2.45) is 0 Å². The van der Waals surface area contributed by atoms with E-state index in [0.717, 1.165) is 23.3 Å². The number of amides is 1. The average Bonchev–Trinajstić information content (AvgIpc) is 2.69. The minimum absolute atomic E-state index is 0.0338. The topological polar surface area (TPSA) is 88.2 Å². The van der Waals surface area contributed by atoms with Gasteiger partial charge in [0.05, 0.1) is 11.3 Å². The third kappa shape index (κ3) is 5.37. The van der Waals surface area contributed by atoms with E-state index in [1.165, 1.54) is 12.1 Å². The summed E-state index contributed by atoms with van der Waals surface area (Å²) >= 11 is 0. The predicted octanol–water partition coefficient (Wildman–Crippen LogP) is 2.88. The van der Waals surface area contributed by atoms with Crippen LogP contribution in [0, 0.1) is 5.82 Å². The first kappa shape index (κ1) is 19.5. The molecule has 0 aliphatic heterocycles. The fraction of sp³-hybridized carbons (Fsp3) is 0.100. The van der Waals surface area contributed by atoms with Gasteiger partial charge in [-0.05, 0) is 59.7 Å². The van der Waals surface area contributed by atoms with Crippen molar-refractivity contribution in [3.05, 3.63) is 90.0 Å². The number of nitrogens with one attached hydrogen (secondary N) is 2. The quantitative estimate of drug-likeness (QED) is 0.639. The molecule has 0 aliphatic carbocycles. The van der Waals surface area contributed by atoms with Crippen molar-refractivity contribution in [3.8, 4) is 0 Å². The van der Waals surface area contributed by atoms with Gasteiger partial charge in [0, 0.05) is 24.6 Å². The van der Waals surface area contributed by atoms with Crippen LogP contribution in [0.1, 0.15) is 11.1 Å². The molecular weight excluding hydrogens is 381 g/mol. The van der Waals surface area contributed by atoms with Gasteiger partial charge >= 0.3 is 0 Å². The molecule has 1 amide bonds. The van der Waals surface area contributed by atoms with E-state index >= 15 is 0 Å². The summed E-state index contributed by atoms with van der Waals surface area (Å²) in [5, 5.41) is 2.82. The Balaban J connectivity index is 1.57. The molecule has 3 rings (SSSR count). The molecule has 144 valence electrons. The number of anilines is 1. The second kappa shape index (κ2) is 8.62. The number of rotatable bonds is 7. The molecule has 0 aliphatic rings. The predicted molar refractivity (Wildman–Crippen MR) is 103 cm³/mol. The summed E-state index contributed by atoms with van der Waals surface area (Å²) < 4.78 is 40.0. The SMILES string of the molecule is O=C(Cc1ccc(NS(=O)(=O)c2ccc(F)cc2)cc1)NCc1ccncc1. The largest absolute Gasteiger partial charge is 0.352 e. The maximum absolute atomic E-state index is 13.0. The number of pyridine rings is 1. The first-order chi connectivity index (χ1) is 13.4. The van der Waals surface area contributed by atoms with E-state index in [1.807, 2.05) is 12.1 Å². The van der Waals surface area contributed by atoms with Crippen molar-refractivity contribution in [3.63, 3.8) is 0 Å². The zero-order valence-electron chi connectivity index (χ0n) is 14.8. The Morgan fingerprint density at radius 1 is 0.893 bits per heavy atom. The van der Waals surface area contributed by atoms with Crippen LogP contribution in [0.25, 0.3) is 0 Å². The lowest BCUT2D eigenvalue weighted by molar-refractivity contribution is -0.120. The number of nitrogens with zero attached hydrogens (tertiary/aromatic N) is 1. The fourth-order valence-electron chi connectivity index (χ4n) is 2.47. The van der Waals surface area contributed by atoms with Crippen molar-refractivity contribution in [2.45, 2.75) is 17.9 Å². The summed E-state index contributed by atoms with van der Waals surface area (Å²) in [6.45, 7) is 0.414. The Morgan fingerprint density at radius 2 is 1.54 bits per heavy atom. The smallest absolute Gasteiger partial charge is 0.261 e. The van der Waals surface area contributed by atoms with Crippen LogP contribution < -0.4 is 10.0 Å². The highest BCUT2D eigenvalue weighted by Crippen LogP contribution is 2.17. The number of benzene rings is 2. The van der Waals surface area contributed by atoms with Crippen molar-refractivity contribution in [1.29, 1.82) is 0 Å². The van der Waals surface area contributed by atoms with Gasteiger partial charge in [-0.15, -0.1) is 0 Å². The Bertz CT molecular complexity index is 1040. The van der Waals surface area contributed by atoms with Crippen LogP contribution in [0.2, 0.25) is 0 Å². The average molecular weight is 399 g/mol. The molecule has 0 radical (unpaired) electrons. The Morgan fingerprint density at radius 3 is 2.18 bits per heavy atom. The minimum atomic E-state index is -3.81. The van der Waals surface area contributed by atoms with Crippen LogP contribution >= 0.6 is 0 Å². The lowest BCUT2D eigenvalue weighted by Gasteiger charge is -2.09. The van der Waals surface area contributed by atoms with E-state index < -0.39 is 15.8 Å². The molecule has 6 nitrogen and oxygen atoms in total. The van der Waals surface area contributed by atoms with Crippen LogP contribution in [-0.2, 0) is 27.8 Å². The van der Waals surface area contributed by atoms with E-state index in [1.54, 1.807) is 36.7 Å². The van der Waals surface area contributed by atoms with Gasteiger partial charge in [-0.1, -0.05) is 12.1 Å². The molecule has 0 bridgehead atoms. The highest BCUT2D eigenvalue weighted by Gasteiger charge is 2.14. The molecule has 1 aromatic heterocycles. The van der Waals surface area contributed by atoms with E-state index in [-0.39, 0.29) is 17.2 Å². The number of halogens is 1. The van der Waals surface area contributed by atoms with Crippen LogP contribution in [0.5, 0.6) is 0 Å². The van der Waals surface area contributed by atoms with Crippen molar-refractivity contribution in [2.75, 3.05) is 4.72 Å². The van der Waals surface area contributed by atoms with Gasteiger partial charge in [0.1, 0.15) is 5.82 Å². The van der Waals surface area contributed by atoms with Crippen LogP contribution in [0.4, 0.5) is 10.1 Å². The van der Waals surface area contributed by atoms with Gasteiger partial charge in [-0.25, -0.2) is 12.8 Å². The normalized spacial score (nSPS) is 11.0. The van der Waals surface area contributed by atoms with Gasteiger partial charge in [0.25, 0.3) is 10.0 Å². The van der Waals surface area contributed by atoms with Gasteiger partial charge in [0.15, 0.2) is 0 Å². The van der Waals surface area contributed by atoms with E-state index in [2.05, 4.69) is 15.0 Å². The van der Waals surface area contributed by atoms with Crippen LogP contribution in [0.3, 0.4) is 0 Å². The summed E-state index contributed by atoms with van der Waals surface area (Å²) in [7, 11) is -3.81. The minimum Gasteiger partial charge on any atom is -0.352 e. The van der Waals surface area contributed by atoms with Crippen LogP contribution in [0.15, 0.2) is 78.0 Å². The molecule has 0 saturated carbocycles. The molecule has 0 saturated heterocycles. The molecular formula is C20H18FN3O3S. The summed E-state index contributed by atoms with van der Waals surface area (Å²) in [5.41, 5.74) is 2.05. The zero-order valence-corrected chi connectivity index (χ0v) is 15.6. The molecule has 0 spiro atoms. The van der Waals surface area contributed by atoms with Crippen molar-refractivity contribution >= 4 is 21.6 Å². The molecule has 1 heterocycles. The lowest BCUT2D eigenvalue weighted by Crippen LogP contribution is -2.24. The third-order valence-electron chi connectivity index (χ3n) is 3.93. The van der Waals surface area contributed by atoms with Gasteiger partial charge in [0.2, 0.25) is 5.91 Å². The first-order valence-corrected chi connectivity index (χ1v) is 9.94. The zero-order chi connectivity index (χ0) is 20.0. The molecule has 28 heavy (non-hydrogen) atoms. The second-order valence-electron chi connectivity index (χ2n) is 6.07. The van der Waals surface area contributed by atoms with Crippen molar-refractivity contribution in [1.82, 2.24) is 10.3 Å². The Hall–Kier alpha value is -3.26. The second-order valence-corrected chi connectivity index (χ2v) is 7.75. The molecule has 2 aromatic carbocycles. The van der Waals surface area contributed by atoms with E-state index in [9.17, 15) is 17.6 Å². The number of hydrogen-bond acceptors (Lipinski definition) is 4. The van der Waals surface area contributed by atoms with E-state index in [0.29, 0.717) is 12.2 Å². The molecule has 8 heteroatoms. The molecule has 2 N–H and O–H groups in total. The number of hydrogen-bond donors (Lipinski definition) is 2. The Kier molecular flexibility index (Phi) is 6.00. The van der Waals surface area contributed by atoms with E-state index in [4.69, 9.17) is 0 Å². The summed E-state index contributed by atoms with van der Waals surface area (Å²) in [5.74, 6) is -0.651. The number of sulfonamides is 1. The standard InChI is InChI=1S/C20H18FN3O3S/c21-17-3-7-19(8-4-17)28(26,27)24-18-5-1-15(2-6-18)13-20(25)23-14-16-9-11-22-12-10-16/h1-12,24H,13-14H2,(H,23,25). The summed E-state index contributed by atoms with van der Waals surface area (Å²) in [4.78, 5) is 15.9. The van der Waals surface area contributed by atoms with Gasteiger partial charge < -0.3 is 5.32 Å². The van der Waals surface area contributed by atoms with Gasteiger partial charge in [-0.3, -0.25) is 14.5 Å².